The summed E-state index contributed by atoms with van der Waals surface area (Å²) < 4.78 is 0. The fraction of sp³-hybridized carbons (Fsp3) is 0.231. The number of halogens is 1. The van der Waals surface area contributed by atoms with E-state index >= 15 is 0 Å². The van der Waals surface area contributed by atoms with Crippen LogP contribution in [0.3, 0.4) is 0 Å². The van der Waals surface area contributed by atoms with Gasteiger partial charge in [0.1, 0.15) is 0 Å². The predicted molar refractivity (Wildman–Crippen MR) is 76.1 cm³/mol. The van der Waals surface area contributed by atoms with Crippen molar-refractivity contribution in [3.05, 3.63) is 34.7 Å². The standard InChI is InChI=1S/C13H13ClN2OS/c1-2-3-12(17)16-13-15-11(8-18-13)9-4-6-10(14)7-5-9/h4-8H,2-3H2,1H3,(H,15,16,17). The summed E-state index contributed by atoms with van der Waals surface area (Å²) in [5.41, 5.74) is 1.84. The number of thiazole rings is 1. The first kappa shape index (κ1) is 13.1. The molecule has 1 aromatic heterocycles. The summed E-state index contributed by atoms with van der Waals surface area (Å²) in [6, 6.07) is 7.47. The summed E-state index contributed by atoms with van der Waals surface area (Å²) in [7, 11) is 0. The molecule has 0 saturated carbocycles. The smallest absolute Gasteiger partial charge is 0.226 e. The number of aromatic nitrogens is 1. The normalized spacial score (nSPS) is 10.3. The van der Waals surface area contributed by atoms with Crippen LogP contribution in [-0.2, 0) is 4.79 Å². The van der Waals surface area contributed by atoms with E-state index in [1.807, 2.05) is 36.6 Å². The van der Waals surface area contributed by atoms with Crippen LogP contribution in [0, 0.1) is 0 Å². The monoisotopic (exact) mass is 280 g/mol. The number of nitrogens with one attached hydrogen (secondary N) is 1. The van der Waals surface area contributed by atoms with E-state index in [1.54, 1.807) is 0 Å². The van der Waals surface area contributed by atoms with Crippen molar-refractivity contribution in [3.8, 4) is 11.3 Å². The Labute approximate surface area is 115 Å². The van der Waals surface area contributed by atoms with E-state index in [9.17, 15) is 4.79 Å². The Kier molecular flexibility index (Phi) is 4.33. The van der Waals surface area contributed by atoms with Crippen molar-refractivity contribution in [3.63, 3.8) is 0 Å². The van der Waals surface area contributed by atoms with Gasteiger partial charge in [0.2, 0.25) is 5.91 Å². The average Bonchev–Trinajstić information content (AvgIpc) is 2.78. The molecule has 0 unspecified atom stereocenters. The maximum atomic E-state index is 11.4. The first-order valence-corrected chi connectivity index (χ1v) is 6.96. The molecule has 1 aromatic carbocycles. The van der Waals surface area contributed by atoms with E-state index in [0.717, 1.165) is 17.7 Å². The Morgan fingerprint density at radius 3 is 2.78 bits per heavy atom. The number of carbonyl (C=O) groups is 1. The highest BCUT2D eigenvalue weighted by Crippen LogP contribution is 2.25. The van der Waals surface area contributed by atoms with Crippen LogP contribution in [-0.4, -0.2) is 10.9 Å². The van der Waals surface area contributed by atoms with Crippen molar-refractivity contribution in [2.24, 2.45) is 0 Å². The number of hydrogen-bond donors (Lipinski definition) is 1. The zero-order valence-electron chi connectivity index (χ0n) is 9.94. The second-order valence-electron chi connectivity index (χ2n) is 3.84. The molecule has 0 saturated heterocycles. The fourth-order valence-electron chi connectivity index (χ4n) is 1.49. The van der Waals surface area contributed by atoms with Gasteiger partial charge in [-0.3, -0.25) is 4.79 Å². The Morgan fingerprint density at radius 1 is 1.39 bits per heavy atom. The van der Waals surface area contributed by atoms with Gasteiger partial charge in [-0.25, -0.2) is 4.98 Å². The Bertz CT molecular complexity index is 536. The van der Waals surface area contributed by atoms with Crippen LogP contribution >= 0.6 is 22.9 Å². The van der Waals surface area contributed by atoms with Gasteiger partial charge in [-0.2, -0.15) is 0 Å². The molecule has 5 heteroatoms. The minimum atomic E-state index is 0.00880. The fourth-order valence-corrected chi connectivity index (χ4v) is 2.36. The summed E-state index contributed by atoms with van der Waals surface area (Å²) in [6.07, 6.45) is 1.36. The maximum Gasteiger partial charge on any atom is 0.226 e. The topological polar surface area (TPSA) is 42.0 Å². The summed E-state index contributed by atoms with van der Waals surface area (Å²) >= 11 is 7.26. The molecular weight excluding hydrogens is 268 g/mol. The zero-order valence-corrected chi connectivity index (χ0v) is 11.5. The van der Waals surface area contributed by atoms with E-state index in [1.165, 1.54) is 11.3 Å². The molecule has 0 spiro atoms. The molecule has 18 heavy (non-hydrogen) atoms. The molecule has 1 amide bonds. The molecule has 0 bridgehead atoms. The lowest BCUT2D eigenvalue weighted by Crippen LogP contribution is -2.10. The largest absolute Gasteiger partial charge is 0.302 e. The third-order valence-corrected chi connectivity index (χ3v) is 3.38. The van der Waals surface area contributed by atoms with Crippen molar-refractivity contribution in [1.29, 1.82) is 0 Å². The van der Waals surface area contributed by atoms with Gasteiger partial charge in [-0.05, 0) is 18.6 Å². The molecular formula is C13H13ClN2OS. The van der Waals surface area contributed by atoms with Gasteiger partial charge in [-0.1, -0.05) is 30.7 Å². The molecule has 2 aromatic rings. The van der Waals surface area contributed by atoms with E-state index in [4.69, 9.17) is 11.6 Å². The number of hydrogen-bond acceptors (Lipinski definition) is 3. The molecule has 1 heterocycles. The van der Waals surface area contributed by atoms with Crippen molar-refractivity contribution >= 4 is 34.0 Å². The van der Waals surface area contributed by atoms with E-state index in [2.05, 4.69) is 10.3 Å². The lowest BCUT2D eigenvalue weighted by atomic mass is 10.2. The Balaban J connectivity index is 2.10. The first-order valence-electron chi connectivity index (χ1n) is 5.70. The molecule has 94 valence electrons. The second kappa shape index (κ2) is 5.98. The highest BCUT2D eigenvalue weighted by Gasteiger charge is 2.07. The van der Waals surface area contributed by atoms with Gasteiger partial charge in [0, 0.05) is 22.4 Å². The molecule has 0 aliphatic rings. The predicted octanol–water partition coefficient (Wildman–Crippen LogP) is 4.20. The second-order valence-corrected chi connectivity index (χ2v) is 5.14. The van der Waals surface area contributed by atoms with Crippen LogP contribution in [0.5, 0.6) is 0 Å². The quantitative estimate of drug-likeness (QED) is 0.912. The molecule has 3 nitrogen and oxygen atoms in total. The van der Waals surface area contributed by atoms with Crippen molar-refractivity contribution in [2.75, 3.05) is 5.32 Å². The maximum absolute atomic E-state index is 11.4. The zero-order chi connectivity index (χ0) is 13.0. The van der Waals surface area contributed by atoms with Crippen molar-refractivity contribution in [1.82, 2.24) is 4.98 Å². The molecule has 0 aliphatic carbocycles. The SMILES string of the molecule is CCCC(=O)Nc1nc(-c2ccc(Cl)cc2)cs1. The molecule has 0 aliphatic heterocycles. The third kappa shape index (κ3) is 3.31. The number of nitrogens with zero attached hydrogens (tertiary/aromatic N) is 1. The van der Waals surface area contributed by atoms with Crippen LogP contribution in [0.4, 0.5) is 5.13 Å². The van der Waals surface area contributed by atoms with Gasteiger partial charge in [0.15, 0.2) is 5.13 Å². The van der Waals surface area contributed by atoms with Gasteiger partial charge in [0.05, 0.1) is 5.69 Å². The summed E-state index contributed by atoms with van der Waals surface area (Å²) in [6.45, 7) is 1.97. The number of rotatable bonds is 4. The summed E-state index contributed by atoms with van der Waals surface area (Å²) in [5.74, 6) is 0.00880. The van der Waals surface area contributed by atoms with Crippen LogP contribution in [0.2, 0.25) is 5.02 Å². The van der Waals surface area contributed by atoms with Gasteiger partial charge >= 0.3 is 0 Å². The van der Waals surface area contributed by atoms with Crippen LogP contribution in [0.1, 0.15) is 19.8 Å². The molecule has 0 radical (unpaired) electrons. The van der Waals surface area contributed by atoms with Crippen molar-refractivity contribution < 1.29 is 4.79 Å². The lowest BCUT2D eigenvalue weighted by molar-refractivity contribution is -0.116. The molecule has 0 atom stereocenters. The first-order chi connectivity index (χ1) is 8.69. The summed E-state index contributed by atoms with van der Waals surface area (Å²) in [4.78, 5) is 15.8. The minimum Gasteiger partial charge on any atom is -0.302 e. The minimum absolute atomic E-state index is 0.00880. The third-order valence-electron chi connectivity index (χ3n) is 2.37. The van der Waals surface area contributed by atoms with Gasteiger partial charge in [0.25, 0.3) is 0 Å². The Morgan fingerprint density at radius 2 is 2.11 bits per heavy atom. The average molecular weight is 281 g/mol. The van der Waals surface area contributed by atoms with Crippen LogP contribution < -0.4 is 5.32 Å². The number of anilines is 1. The van der Waals surface area contributed by atoms with E-state index in [-0.39, 0.29) is 5.91 Å². The lowest BCUT2D eigenvalue weighted by Gasteiger charge is -1.99. The molecule has 0 fully saturated rings. The Hall–Kier alpha value is -1.39. The van der Waals surface area contributed by atoms with Gasteiger partial charge in [-0.15, -0.1) is 11.3 Å². The molecule has 1 N–H and O–H groups in total. The summed E-state index contributed by atoms with van der Waals surface area (Å²) in [5, 5.41) is 6.05. The number of carbonyl (C=O) groups excluding carboxylic acids is 1. The van der Waals surface area contributed by atoms with Crippen molar-refractivity contribution in [2.45, 2.75) is 19.8 Å². The van der Waals surface area contributed by atoms with E-state index in [0.29, 0.717) is 16.6 Å². The number of amides is 1. The van der Waals surface area contributed by atoms with Gasteiger partial charge < -0.3 is 5.32 Å². The van der Waals surface area contributed by atoms with E-state index < -0.39 is 0 Å². The molecule has 2 rings (SSSR count). The van der Waals surface area contributed by atoms with Crippen LogP contribution in [0.15, 0.2) is 29.6 Å². The van der Waals surface area contributed by atoms with Crippen LogP contribution in [0.25, 0.3) is 11.3 Å². The number of benzene rings is 1. The highest BCUT2D eigenvalue weighted by molar-refractivity contribution is 7.14. The highest BCUT2D eigenvalue weighted by atomic mass is 35.5.